The Bertz CT molecular complexity index is 718. The largest absolute Gasteiger partial charge is 0.338 e. The van der Waals surface area contributed by atoms with Gasteiger partial charge in [-0.3, -0.25) is 9.79 Å². The second-order valence-electron chi connectivity index (χ2n) is 6.94. The lowest BCUT2D eigenvalue weighted by Crippen LogP contribution is -2.48. The number of fused-ring (bicyclic) bond motifs is 5. The molecule has 5 aliphatic rings. The van der Waals surface area contributed by atoms with Crippen LogP contribution in [-0.2, 0) is 14.8 Å². The van der Waals surface area contributed by atoms with Gasteiger partial charge in [0.15, 0.2) is 5.17 Å². The predicted molar refractivity (Wildman–Crippen MR) is 93.9 cm³/mol. The Balaban J connectivity index is 1.47. The summed E-state index contributed by atoms with van der Waals surface area (Å²) in [5, 5.41) is 3.02. The Morgan fingerprint density at radius 3 is 2.96 bits per heavy atom. The summed E-state index contributed by atoms with van der Waals surface area (Å²) < 4.78 is 25.4. The first-order valence-electron chi connectivity index (χ1n) is 8.34. The zero-order chi connectivity index (χ0) is 16.9. The molecule has 0 aromatic rings. The summed E-state index contributed by atoms with van der Waals surface area (Å²) in [4.78, 5) is 21.3. The van der Waals surface area contributed by atoms with E-state index in [0.717, 1.165) is 36.8 Å². The van der Waals surface area contributed by atoms with Crippen LogP contribution in [0.4, 0.5) is 0 Å². The smallest absolute Gasteiger partial charge is 0.228 e. The lowest BCUT2D eigenvalue weighted by molar-refractivity contribution is -0.134. The van der Waals surface area contributed by atoms with Crippen LogP contribution in [0.1, 0.15) is 19.3 Å². The van der Waals surface area contributed by atoms with Crippen molar-refractivity contribution < 1.29 is 13.2 Å². The molecule has 9 heteroatoms. The lowest BCUT2D eigenvalue weighted by atomic mass is 9.94. The van der Waals surface area contributed by atoms with E-state index in [1.54, 1.807) is 16.1 Å². The van der Waals surface area contributed by atoms with Crippen molar-refractivity contribution in [2.45, 2.75) is 25.3 Å². The second-order valence-corrected chi connectivity index (χ2v) is 9.76. The molecule has 7 nitrogen and oxygen atoms in total. The fourth-order valence-electron chi connectivity index (χ4n) is 3.99. The fourth-order valence-corrected chi connectivity index (χ4v) is 5.87. The molecular weight excluding hydrogens is 348 g/mol. The van der Waals surface area contributed by atoms with Crippen LogP contribution in [-0.4, -0.2) is 78.6 Å². The third kappa shape index (κ3) is 2.97. The van der Waals surface area contributed by atoms with Crippen LogP contribution in [0.15, 0.2) is 16.1 Å². The number of carbonyl (C=O) groups is 1. The van der Waals surface area contributed by atoms with E-state index in [4.69, 9.17) is 0 Å². The number of sulfonamides is 1. The first-order chi connectivity index (χ1) is 11.4. The Morgan fingerprint density at radius 2 is 2.17 bits per heavy atom. The van der Waals surface area contributed by atoms with Gasteiger partial charge < -0.3 is 9.80 Å². The second kappa shape index (κ2) is 6.03. The first kappa shape index (κ1) is 16.4. The van der Waals surface area contributed by atoms with E-state index in [2.05, 4.69) is 9.89 Å². The monoisotopic (exact) mass is 370 g/mol. The van der Waals surface area contributed by atoms with Gasteiger partial charge in [-0.25, -0.2) is 8.42 Å². The normalized spacial score (nSPS) is 30.2. The molecule has 0 unspecified atom stereocenters. The zero-order valence-electron chi connectivity index (χ0n) is 13.7. The minimum atomic E-state index is -3.20. The molecule has 3 fully saturated rings. The number of amidine groups is 1. The summed E-state index contributed by atoms with van der Waals surface area (Å²) >= 11 is 1.59. The van der Waals surface area contributed by atoms with Crippen molar-refractivity contribution in [1.82, 2.24) is 14.1 Å². The Kier molecular flexibility index (Phi) is 4.12. The highest BCUT2D eigenvalue weighted by molar-refractivity contribution is 8.16. The number of hydrogen-bond donors (Lipinski definition) is 0. The lowest BCUT2D eigenvalue weighted by Gasteiger charge is -2.36. The van der Waals surface area contributed by atoms with Crippen LogP contribution >= 0.6 is 11.8 Å². The molecule has 24 heavy (non-hydrogen) atoms. The van der Waals surface area contributed by atoms with Gasteiger partial charge in [-0.05, 0) is 24.2 Å². The van der Waals surface area contributed by atoms with E-state index in [1.165, 1.54) is 6.26 Å². The van der Waals surface area contributed by atoms with Crippen molar-refractivity contribution >= 4 is 32.9 Å². The number of carbonyl (C=O) groups excluding carboxylic acids is 1. The summed E-state index contributed by atoms with van der Waals surface area (Å²) in [6.45, 7) is 3.31. The molecule has 0 saturated carbocycles. The molecule has 3 saturated heterocycles. The van der Waals surface area contributed by atoms with E-state index < -0.39 is 10.0 Å². The zero-order valence-corrected chi connectivity index (χ0v) is 15.4. The average Bonchev–Trinajstić information content (AvgIpc) is 2.99. The van der Waals surface area contributed by atoms with Crippen LogP contribution in [0.25, 0.3) is 0 Å². The minimum absolute atomic E-state index is 0.00680. The van der Waals surface area contributed by atoms with Crippen molar-refractivity contribution in [1.29, 1.82) is 0 Å². The summed E-state index contributed by atoms with van der Waals surface area (Å²) in [5.74, 6) is 0.360. The summed E-state index contributed by atoms with van der Waals surface area (Å²) in [7, 11) is -3.20. The molecule has 5 heterocycles. The maximum Gasteiger partial charge on any atom is 0.228 e. The van der Waals surface area contributed by atoms with Gasteiger partial charge in [0.25, 0.3) is 0 Å². The van der Waals surface area contributed by atoms with Gasteiger partial charge in [0, 0.05) is 37.9 Å². The quantitative estimate of drug-likeness (QED) is 0.724. The van der Waals surface area contributed by atoms with Crippen LogP contribution < -0.4 is 0 Å². The van der Waals surface area contributed by atoms with Gasteiger partial charge in [-0.15, -0.1) is 0 Å². The number of nitrogens with zero attached hydrogens (tertiary/aromatic N) is 4. The van der Waals surface area contributed by atoms with Crippen molar-refractivity contribution in [3.8, 4) is 0 Å². The van der Waals surface area contributed by atoms with E-state index in [1.807, 2.05) is 10.3 Å². The first-order valence-corrected chi connectivity index (χ1v) is 11.1. The Labute approximate surface area is 146 Å². The topological polar surface area (TPSA) is 73.3 Å². The highest BCUT2D eigenvalue weighted by Crippen LogP contribution is 2.33. The SMILES string of the molecule is CS(=O)(=O)N1C[C@H]2CC[C@@H](C1)N(C(=O)CC1=CSC3=NCCN13)C2. The maximum atomic E-state index is 12.9. The van der Waals surface area contributed by atoms with Crippen LogP contribution in [0.2, 0.25) is 0 Å². The van der Waals surface area contributed by atoms with Gasteiger partial charge >= 0.3 is 0 Å². The molecule has 5 aliphatic heterocycles. The molecule has 0 radical (unpaired) electrons. The molecule has 0 spiro atoms. The molecule has 0 aromatic carbocycles. The molecule has 0 aliphatic carbocycles. The van der Waals surface area contributed by atoms with E-state index in [9.17, 15) is 13.2 Å². The Hall–Kier alpha value is -1.06. The fraction of sp³-hybridized carbons (Fsp3) is 0.733. The van der Waals surface area contributed by atoms with E-state index in [0.29, 0.717) is 26.1 Å². The van der Waals surface area contributed by atoms with Crippen molar-refractivity contribution in [3.05, 3.63) is 11.1 Å². The highest BCUT2D eigenvalue weighted by Gasteiger charge is 2.40. The number of piperidine rings is 1. The van der Waals surface area contributed by atoms with Gasteiger partial charge in [-0.1, -0.05) is 11.8 Å². The molecule has 2 bridgehead atoms. The van der Waals surface area contributed by atoms with Gasteiger partial charge in [0.1, 0.15) is 0 Å². The number of thioether (sulfide) groups is 1. The van der Waals surface area contributed by atoms with Crippen LogP contribution in [0.3, 0.4) is 0 Å². The number of rotatable bonds is 3. The van der Waals surface area contributed by atoms with Crippen LogP contribution in [0.5, 0.6) is 0 Å². The molecule has 2 atom stereocenters. The summed E-state index contributed by atoms with van der Waals surface area (Å²) in [6, 6.07) is 0.00680. The highest BCUT2D eigenvalue weighted by atomic mass is 32.2. The third-order valence-electron chi connectivity index (χ3n) is 5.25. The summed E-state index contributed by atoms with van der Waals surface area (Å²) in [6.07, 6.45) is 3.54. The molecule has 5 rings (SSSR count). The summed E-state index contributed by atoms with van der Waals surface area (Å²) in [5.41, 5.74) is 1.03. The molecular formula is C15H22N4O3S2. The van der Waals surface area contributed by atoms with Crippen molar-refractivity contribution in [2.24, 2.45) is 10.9 Å². The molecule has 0 N–H and O–H groups in total. The molecule has 1 amide bonds. The van der Waals surface area contributed by atoms with Crippen molar-refractivity contribution in [2.75, 3.05) is 39.0 Å². The number of amides is 1. The predicted octanol–water partition coefficient (Wildman–Crippen LogP) is 0.519. The standard InChI is InChI=1S/C15H22N4O3S2/c1-24(21,22)17-7-11-2-3-12(9-17)19(8-11)14(20)6-13-10-23-15-16-4-5-18(13)15/h10-12H,2-9H2,1H3/t11-,12+/m1/s1. The number of hydrogen-bond acceptors (Lipinski definition) is 6. The number of aliphatic imine (C=N–C) groups is 1. The molecule has 132 valence electrons. The third-order valence-corrected chi connectivity index (χ3v) is 7.44. The van der Waals surface area contributed by atoms with E-state index >= 15 is 0 Å². The van der Waals surface area contributed by atoms with Gasteiger partial charge in [0.05, 0.1) is 19.2 Å². The molecule has 0 aromatic heterocycles. The van der Waals surface area contributed by atoms with Gasteiger partial charge in [-0.2, -0.15) is 4.31 Å². The van der Waals surface area contributed by atoms with Crippen molar-refractivity contribution in [3.63, 3.8) is 0 Å². The minimum Gasteiger partial charge on any atom is -0.338 e. The Morgan fingerprint density at radius 1 is 1.33 bits per heavy atom. The van der Waals surface area contributed by atoms with E-state index in [-0.39, 0.29) is 17.9 Å². The average molecular weight is 371 g/mol. The maximum absolute atomic E-state index is 12.9. The van der Waals surface area contributed by atoms with Crippen LogP contribution in [0, 0.1) is 5.92 Å². The van der Waals surface area contributed by atoms with Gasteiger partial charge in [0.2, 0.25) is 15.9 Å².